The number of para-hydroxylation sites is 6. The standard InChI is InChI=1S/C56H33N5/c1-58-39-32-30-38(31-33-39)47-34-46(37-28-26-36(35-57)27-29-37)54(59-48-20-8-2-14-40(48)41-15-3-9-21-49(41)59)56(61-52-24-12-6-18-44(52)45-19-7-13-25-53(45)61)55(47)60-50-22-10-4-16-42(50)43-17-5-11-23-51(43)60/h2-34H. The molecule has 0 saturated carbocycles. The first-order chi connectivity index (χ1) is 30.2. The molecule has 0 radical (unpaired) electrons. The Labute approximate surface area is 351 Å². The second-order valence-electron chi connectivity index (χ2n) is 15.5. The molecule has 0 aliphatic rings. The number of aromatic nitrogens is 3. The first-order valence-electron chi connectivity index (χ1n) is 20.4. The van der Waals surface area contributed by atoms with Gasteiger partial charge in [-0.1, -0.05) is 146 Å². The van der Waals surface area contributed by atoms with E-state index < -0.39 is 0 Å². The van der Waals surface area contributed by atoms with Crippen LogP contribution in [0.3, 0.4) is 0 Å². The Morgan fingerprint density at radius 3 is 0.967 bits per heavy atom. The van der Waals surface area contributed by atoms with Crippen molar-refractivity contribution in [3.63, 3.8) is 0 Å². The fourth-order valence-electron chi connectivity index (χ4n) is 9.68. The van der Waals surface area contributed by atoms with Gasteiger partial charge in [0.05, 0.1) is 68.4 Å². The highest BCUT2D eigenvalue weighted by Crippen LogP contribution is 2.49. The third-order valence-corrected chi connectivity index (χ3v) is 12.3. The van der Waals surface area contributed by atoms with Crippen LogP contribution in [-0.4, -0.2) is 13.7 Å². The maximum absolute atomic E-state index is 9.98. The molecule has 12 rings (SSSR count). The lowest BCUT2D eigenvalue weighted by molar-refractivity contribution is 1.05. The molecule has 0 unspecified atom stereocenters. The summed E-state index contributed by atoms with van der Waals surface area (Å²) in [6.45, 7) is 7.85. The van der Waals surface area contributed by atoms with Crippen LogP contribution in [0.4, 0.5) is 5.69 Å². The van der Waals surface area contributed by atoms with Gasteiger partial charge in [0, 0.05) is 43.4 Å². The van der Waals surface area contributed by atoms with Gasteiger partial charge in [-0.25, -0.2) is 4.85 Å². The van der Waals surface area contributed by atoms with Crippen LogP contribution in [0.1, 0.15) is 5.56 Å². The average molecular weight is 776 g/mol. The molecule has 61 heavy (non-hydrogen) atoms. The van der Waals surface area contributed by atoms with E-state index in [0.29, 0.717) is 11.3 Å². The zero-order valence-electron chi connectivity index (χ0n) is 32.8. The summed E-state index contributed by atoms with van der Waals surface area (Å²) in [5.74, 6) is 0. The van der Waals surface area contributed by atoms with Crippen molar-refractivity contribution in [3.8, 4) is 45.4 Å². The van der Waals surface area contributed by atoms with Gasteiger partial charge in [0.2, 0.25) is 0 Å². The van der Waals surface area contributed by atoms with Crippen LogP contribution in [0.15, 0.2) is 200 Å². The Morgan fingerprint density at radius 1 is 0.361 bits per heavy atom. The Hall–Kier alpha value is -8.64. The minimum absolute atomic E-state index is 0.582. The fraction of sp³-hybridized carbons (Fsp3) is 0. The number of fused-ring (bicyclic) bond motifs is 9. The van der Waals surface area contributed by atoms with E-state index in [1.165, 1.54) is 0 Å². The minimum Gasteiger partial charge on any atom is -0.306 e. The topological polar surface area (TPSA) is 42.9 Å². The molecule has 0 saturated heterocycles. The number of benzene rings is 9. The molecular weight excluding hydrogens is 743 g/mol. The van der Waals surface area contributed by atoms with Crippen LogP contribution in [0.5, 0.6) is 0 Å². The molecule has 0 fully saturated rings. The Morgan fingerprint density at radius 2 is 0.656 bits per heavy atom. The molecule has 12 aromatic rings. The van der Waals surface area contributed by atoms with Crippen molar-refractivity contribution < 1.29 is 0 Å². The van der Waals surface area contributed by atoms with Crippen molar-refractivity contribution in [2.75, 3.05) is 0 Å². The number of nitriles is 1. The van der Waals surface area contributed by atoms with Gasteiger partial charge in [0.15, 0.2) is 5.69 Å². The normalized spacial score (nSPS) is 11.6. The highest BCUT2D eigenvalue weighted by molar-refractivity contribution is 6.15. The van der Waals surface area contributed by atoms with E-state index in [4.69, 9.17) is 6.57 Å². The molecule has 0 spiro atoms. The van der Waals surface area contributed by atoms with E-state index in [2.05, 4.69) is 201 Å². The molecule has 3 aromatic heterocycles. The lowest BCUT2D eigenvalue weighted by atomic mass is 9.92. The van der Waals surface area contributed by atoms with Crippen LogP contribution in [0, 0.1) is 17.9 Å². The van der Waals surface area contributed by atoms with E-state index in [1.54, 1.807) is 0 Å². The molecule has 0 aliphatic heterocycles. The number of hydrogen-bond acceptors (Lipinski definition) is 1. The first kappa shape index (κ1) is 34.4. The summed E-state index contributed by atoms with van der Waals surface area (Å²) in [5, 5.41) is 16.9. The SMILES string of the molecule is [C-]#[N+]c1ccc(-c2cc(-c3ccc(C#N)cc3)c(-n3c4ccccc4c4ccccc43)c(-n3c4ccccc4c4ccccc43)c2-n2c3ccccc3c3ccccc32)cc1. The van der Waals surface area contributed by atoms with Crippen molar-refractivity contribution in [2.45, 2.75) is 0 Å². The summed E-state index contributed by atoms with van der Waals surface area (Å²) in [4.78, 5) is 3.78. The molecule has 9 aromatic carbocycles. The molecule has 0 aliphatic carbocycles. The van der Waals surface area contributed by atoms with Crippen LogP contribution in [-0.2, 0) is 0 Å². The van der Waals surface area contributed by atoms with E-state index in [9.17, 15) is 5.26 Å². The molecule has 0 atom stereocenters. The second kappa shape index (κ2) is 13.5. The van der Waals surface area contributed by atoms with Crippen LogP contribution in [0.25, 0.3) is 110 Å². The highest BCUT2D eigenvalue weighted by atomic mass is 15.1. The second-order valence-corrected chi connectivity index (χ2v) is 15.5. The molecular formula is C56H33N5. The molecule has 3 heterocycles. The lowest BCUT2D eigenvalue weighted by Crippen LogP contribution is -2.12. The molecule has 282 valence electrons. The third kappa shape index (κ3) is 5.05. The molecule has 5 heteroatoms. The fourth-order valence-corrected chi connectivity index (χ4v) is 9.68. The van der Waals surface area contributed by atoms with Gasteiger partial charge in [-0.05, 0) is 65.7 Å². The zero-order chi connectivity index (χ0) is 40.6. The van der Waals surface area contributed by atoms with Crippen molar-refractivity contribution in [2.24, 2.45) is 0 Å². The van der Waals surface area contributed by atoms with Gasteiger partial charge in [0.25, 0.3) is 0 Å². The Kier molecular flexibility index (Phi) is 7.59. The monoisotopic (exact) mass is 775 g/mol. The summed E-state index contributed by atoms with van der Waals surface area (Å²) in [5.41, 5.74) is 14.7. The average Bonchev–Trinajstić information content (AvgIpc) is 3.97. The van der Waals surface area contributed by atoms with E-state index in [-0.39, 0.29) is 0 Å². The first-order valence-corrected chi connectivity index (χ1v) is 20.4. The van der Waals surface area contributed by atoms with Gasteiger partial charge in [-0.2, -0.15) is 5.26 Å². The van der Waals surface area contributed by atoms with Crippen molar-refractivity contribution in [1.82, 2.24) is 13.7 Å². The van der Waals surface area contributed by atoms with Crippen molar-refractivity contribution in [1.29, 1.82) is 5.26 Å². The zero-order valence-corrected chi connectivity index (χ0v) is 32.8. The smallest absolute Gasteiger partial charge is 0.187 e. The largest absolute Gasteiger partial charge is 0.306 e. The minimum atomic E-state index is 0.582. The van der Waals surface area contributed by atoms with E-state index >= 15 is 0 Å². The third-order valence-electron chi connectivity index (χ3n) is 12.3. The maximum atomic E-state index is 9.98. The molecule has 0 N–H and O–H groups in total. The molecule has 5 nitrogen and oxygen atoms in total. The van der Waals surface area contributed by atoms with Crippen LogP contribution in [0.2, 0.25) is 0 Å². The molecule has 0 amide bonds. The van der Waals surface area contributed by atoms with Gasteiger partial charge in [0.1, 0.15) is 0 Å². The van der Waals surface area contributed by atoms with Gasteiger partial charge in [-0.3, -0.25) is 0 Å². The Bertz CT molecular complexity index is 3470. The highest BCUT2D eigenvalue weighted by Gasteiger charge is 2.30. The van der Waals surface area contributed by atoms with Gasteiger partial charge >= 0.3 is 0 Å². The summed E-state index contributed by atoms with van der Waals surface area (Å²) in [6, 6.07) is 72.9. The summed E-state index contributed by atoms with van der Waals surface area (Å²) < 4.78 is 7.40. The quantitative estimate of drug-likeness (QED) is 0.161. The lowest BCUT2D eigenvalue weighted by Gasteiger charge is -2.27. The van der Waals surface area contributed by atoms with Crippen LogP contribution < -0.4 is 0 Å². The van der Waals surface area contributed by atoms with Crippen LogP contribution >= 0.6 is 0 Å². The van der Waals surface area contributed by atoms with E-state index in [1.807, 2.05) is 24.3 Å². The molecule has 0 bridgehead atoms. The number of rotatable bonds is 5. The number of nitrogens with zero attached hydrogens (tertiary/aromatic N) is 5. The maximum Gasteiger partial charge on any atom is 0.187 e. The predicted octanol–water partition coefficient (Wildman–Crippen LogP) is 14.7. The predicted molar refractivity (Wildman–Crippen MR) is 251 cm³/mol. The Balaban J connectivity index is 1.42. The van der Waals surface area contributed by atoms with E-state index in [0.717, 1.165) is 105 Å². The van der Waals surface area contributed by atoms with Crippen molar-refractivity contribution in [3.05, 3.63) is 217 Å². The summed E-state index contributed by atoms with van der Waals surface area (Å²) >= 11 is 0. The van der Waals surface area contributed by atoms with Gasteiger partial charge in [-0.15, -0.1) is 0 Å². The number of hydrogen-bond donors (Lipinski definition) is 0. The van der Waals surface area contributed by atoms with Crippen molar-refractivity contribution >= 4 is 71.1 Å². The van der Waals surface area contributed by atoms with Gasteiger partial charge < -0.3 is 13.7 Å². The summed E-state index contributed by atoms with van der Waals surface area (Å²) in [6.07, 6.45) is 0. The summed E-state index contributed by atoms with van der Waals surface area (Å²) in [7, 11) is 0.